The maximum atomic E-state index is 12.2. The Morgan fingerprint density at radius 3 is 2.58 bits per heavy atom. The number of methoxy groups -OCH3 is 1. The van der Waals surface area contributed by atoms with E-state index in [1.165, 1.54) is 18.4 Å². The number of esters is 1. The third-order valence-corrected chi connectivity index (χ3v) is 5.42. The second-order valence-corrected chi connectivity index (χ2v) is 7.27. The number of ether oxygens (including phenoxy) is 1. The van der Waals surface area contributed by atoms with Gasteiger partial charge in [0.2, 0.25) is 0 Å². The van der Waals surface area contributed by atoms with Gasteiger partial charge in [-0.15, -0.1) is 23.7 Å². The van der Waals surface area contributed by atoms with Crippen LogP contribution in [0.1, 0.15) is 53.4 Å². The van der Waals surface area contributed by atoms with Crippen molar-refractivity contribution in [2.45, 2.75) is 51.5 Å². The second-order valence-electron chi connectivity index (χ2n) is 6.17. The van der Waals surface area contributed by atoms with Gasteiger partial charge in [0.1, 0.15) is 5.00 Å². The molecule has 146 valence electrons. The van der Waals surface area contributed by atoms with E-state index in [1.54, 1.807) is 0 Å². The molecule has 9 heteroatoms. The molecule has 0 aromatic carbocycles. The molecule has 1 unspecified atom stereocenters. The van der Waals surface area contributed by atoms with Crippen LogP contribution >= 0.6 is 23.7 Å². The van der Waals surface area contributed by atoms with Gasteiger partial charge in [-0.3, -0.25) is 9.59 Å². The summed E-state index contributed by atoms with van der Waals surface area (Å²) in [6.45, 7) is 2.36. The molecule has 26 heavy (non-hydrogen) atoms. The van der Waals surface area contributed by atoms with Crippen LogP contribution in [-0.4, -0.2) is 37.5 Å². The highest BCUT2D eigenvalue weighted by Crippen LogP contribution is 2.38. The van der Waals surface area contributed by atoms with E-state index in [0.717, 1.165) is 42.5 Å². The number of anilines is 1. The summed E-state index contributed by atoms with van der Waals surface area (Å²) in [5.74, 6) is -1.97. The van der Waals surface area contributed by atoms with Crippen LogP contribution in [0.15, 0.2) is 0 Å². The standard InChI is InChI=1S/C17H25N3O4S.ClH/c1-10(6-5-9-18)19-14(21)15(22)20-16-13(17(23)24-2)11-7-3-4-8-12(11)25-16;/h10H,3-9,18H2,1-2H3,(H,19,21)(H,20,22);1H. The first-order valence-corrected chi connectivity index (χ1v) is 9.34. The van der Waals surface area contributed by atoms with Crippen molar-refractivity contribution >= 4 is 46.5 Å². The lowest BCUT2D eigenvalue weighted by atomic mass is 9.95. The first kappa shape index (κ1) is 22.4. The minimum Gasteiger partial charge on any atom is -0.465 e. The highest BCUT2D eigenvalue weighted by Gasteiger charge is 2.28. The van der Waals surface area contributed by atoms with E-state index in [-0.39, 0.29) is 18.4 Å². The molecule has 7 nitrogen and oxygen atoms in total. The molecule has 0 spiro atoms. The average Bonchev–Trinajstić information content (AvgIpc) is 2.96. The van der Waals surface area contributed by atoms with E-state index in [9.17, 15) is 14.4 Å². The number of hydrogen-bond donors (Lipinski definition) is 3. The summed E-state index contributed by atoms with van der Waals surface area (Å²) in [6, 6.07) is -0.140. The van der Waals surface area contributed by atoms with Gasteiger partial charge in [0.05, 0.1) is 12.7 Å². The van der Waals surface area contributed by atoms with Gasteiger partial charge in [-0.2, -0.15) is 0 Å². The zero-order valence-corrected chi connectivity index (χ0v) is 16.7. The lowest BCUT2D eigenvalue weighted by Gasteiger charge is -2.13. The van der Waals surface area contributed by atoms with Crippen LogP contribution in [0.5, 0.6) is 0 Å². The predicted octanol–water partition coefficient (Wildman–Crippen LogP) is 2.02. The van der Waals surface area contributed by atoms with Crippen molar-refractivity contribution in [3.63, 3.8) is 0 Å². The summed E-state index contributed by atoms with van der Waals surface area (Å²) in [4.78, 5) is 37.5. The topological polar surface area (TPSA) is 111 Å². The van der Waals surface area contributed by atoms with Crippen LogP contribution < -0.4 is 16.4 Å². The Morgan fingerprint density at radius 2 is 1.92 bits per heavy atom. The first-order valence-electron chi connectivity index (χ1n) is 8.52. The molecule has 0 saturated carbocycles. The van der Waals surface area contributed by atoms with Gasteiger partial charge in [-0.1, -0.05) is 0 Å². The molecular weight excluding hydrogens is 378 g/mol. The number of amides is 2. The smallest absolute Gasteiger partial charge is 0.341 e. The number of nitrogens with one attached hydrogen (secondary N) is 2. The van der Waals surface area contributed by atoms with Crippen molar-refractivity contribution in [3.05, 3.63) is 16.0 Å². The lowest BCUT2D eigenvalue weighted by Crippen LogP contribution is -2.40. The fourth-order valence-corrected chi connectivity index (χ4v) is 4.19. The first-order chi connectivity index (χ1) is 12.0. The zero-order valence-electron chi connectivity index (χ0n) is 15.1. The Labute approximate surface area is 163 Å². The van der Waals surface area contributed by atoms with E-state index >= 15 is 0 Å². The molecule has 1 heterocycles. The average molecular weight is 404 g/mol. The van der Waals surface area contributed by atoms with Gasteiger partial charge in [-0.05, 0) is 57.6 Å². The number of halogens is 1. The Hall–Kier alpha value is -1.64. The molecule has 0 fully saturated rings. The number of rotatable bonds is 6. The highest BCUT2D eigenvalue weighted by atomic mass is 35.5. The Bertz CT molecular complexity index is 663. The van der Waals surface area contributed by atoms with Crippen molar-refractivity contribution in [1.29, 1.82) is 0 Å². The zero-order chi connectivity index (χ0) is 18.4. The molecule has 0 radical (unpaired) electrons. The molecule has 1 atom stereocenters. The van der Waals surface area contributed by atoms with E-state index in [4.69, 9.17) is 10.5 Å². The fourth-order valence-electron chi connectivity index (χ4n) is 2.92. The quantitative estimate of drug-likeness (QED) is 0.497. The molecule has 2 amide bonds. The maximum absolute atomic E-state index is 12.2. The van der Waals surface area contributed by atoms with Crippen LogP contribution in [0.3, 0.4) is 0 Å². The predicted molar refractivity (Wildman–Crippen MR) is 104 cm³/mol. The SMILES string of the molecule is COC(=O)c1c(NC(=O)C(=O)NC(C)CCCN)sc2c1CCCC2.Cl. The van der Waals surface area contributed by atoms with E-state index in [0.29, 0.717) is 23.5 Å². The number of aryl methyl sites for hydroxylation is 1. The molecule has 1 aliphatic rings. The Balaban J connectivity index is 0.00000338. The van der Waals surface area contributed by atoms with E-state index < -0.39 is 17.8 Å². The van der Waals surface area contributed by atoms with Crippen molar-refractivity contribution in [2.24, 2.45) is 5.73 Å². The third kappa shape index (κ3) is 5.43. The fraction of sp³-hybridized carbons (Fsp3) is 0.588. The molecule has 1 aromatic heterocycles. The van der Waals surface area contributed by atoms with Crippen molar-refractivity contribution < 1.29 is 19.1 Å². The molecular formula is C17H26ClN3O4S. The molecule has 4 N–H and O–H groups in total. The summed E-state index contributed by atoms with van der Waals surface area (Å²) in [5, 5.41) is 5.62. The van der Waals surface area contributed by atoms with Crippen LogP contribution in [0.2, 0.25) is 0 Å². The molecule has 0 aliphatic heterocycles. The van der Waals surface area contributed by atoms with Crippen LogP contribution in [-0.2, 0) is 27.2 Å². The third-order valence-electron chi connectivity index (χ3n) is 4.21. The Morgan fingerprint density at radius 1 is 1.23 bits per heavy atom. The molecule has 1 aliphatic carbocycles. The molecule has 1 aromatic rings. The second kappa shape index (κ2) is 10.5. The number of carbonyl (C=O) groups excluding carboxylic acids is 3. The largest absolute Gasteiger partial charge is 0.465 e. The number of fused-ring (bicyclic) bond motifs is 1. The van der Waals surface area contributed by atoms with Crippen LogP contribution in [0.25, 0.3) is 0 Å². The number of nitrogens with two attached hydrogens (primary N) is 1. The van der Waals surface area contributed by atoms with Crippen LogP contribution in [0.4, 0.5) is 5.00 Å². The van der Waals surface area contributed by atoms with Gasteiger partial charge < -0.3 is 21.1 Å². The lowest BCUT2D eigenvalue weighted by molar-refractivity contribution is -0.136. The number of carbonyl (C=O) groups is 3. The Kier molecular flexibility index (Phi) is 9.04. The summed E-state index contributed by atoms with van der Waals surface area (Å²) < 4.78 is 4.86. The van der Waals surface area contributed by atoms with Gasteiger partial charge in [-0.25, -0.2) is 4.79 Å². The van der Waals surface area contributed by atoms with Crippen molar-refractivity contribution in [3.8, 4) is 0 Å². The van der Waals surface area contributed by atoms with Gasteiger partial charge >= 0.3 is 17.8 Å². The summed E-state index contributed by atoms with van der Waals surface area (Å²) in [6.07, 6.45) is 5.20. The van der Waals surface area contributed by atoms with Crippen molar-refractivity contribution in [2.75, 3.05) is 19.0 Å². The van der Waals surface area contributed by atoms with Gasteiger partial charge in [0.25, 0.3) is 0 Å². The minimum atomic E-state index is -0.775. The summed E-state index contributed by atoms with van der Waals surface area (Å²) in [7, 11) is 1.31. The maximum Gasteiger partial charge on any atom is 0.341 e. The minimum absolute atomic E-state index is 0. The van der Waals surface area contributed by atoms with E-state index in [2.05, 4.69) is 10.6 Å². The monoisotopic (exact) mass is 403 g/mol. The highest BCUT2D eigenvalue weighted by molar-refractivity contribution is 7.17. The normalized spacial score (nSPS) is 13.8. The molecule has 0 bridgehead atoms. The van der Waals surface area contributed by atoms with Gasteiger partial charge in [0, 0.05) is 10.9 Å². The summed E-state index contributed by atoms with van der Waals surface area (Å²) >= 11 is 1.35. The van der Waals surface area contributed by atoms with Crippen molar-refractivity contribution in [1.82, 2.24) is 5.32 Å². The summed E-state index contributed by atoms with van der Waals surface area (Å²) in [5.41, 5.74) is 6.77. The molecule has 0 saturated heterocycles. The van der Waals surface area contributed by atoms with Crippen LogP contribution in [0, 0.1) is 0 Å². The number of hydrogen-bond acceptors (Lipinski definition) is 6. The van der Waals surface area contributed by atoms with Gasteiger partial charge in [0.15, 0.2) is 0 Å². The number of thiophene rings is 1. The van der Waals surface area contributed by atoms with E-state index in [1.807, 2.05) is 6.92 Å². The molecule has 2 rings (SSSR count).